The molecule has 1 aromatic heterocycles. The number of anilines is 1. The van der Waals surface area contributed by atoms with Gasteiger partial charge in [-0.1, -0.05) is 6.07 Å². The minimum absolute atomic E-state index is 0.0785. The summed E-state index contributed by atoms with van der Waals surface area (Å²) in [6.45, 7) is 5.71. The maximum Gasteiger partial charge on any atom is 0.274 e. The van der Waals surface area contributed by atoms with E-state index in [4.69, 9.17) is 0 Å². The van der Waals surface area contributed by atoms with Crippen molar-refractivity contribution >= 4 is 22.7 Å². The number of nitro groups is 1. The molecule has 19 heavy (non-hydrogen) atoms. The average Bonchev–Trinajstić information content (AvgIpc) is 2.77. The number of hydrogen-bond acceptors (Lipinski definition) is 5. The molecular formula is C13H15N3O2S. The molecule has 0 aliphatic heterocycles. The van der Waals surface area contributed by atoms with E-state index in [0.29, 0.717) is 5.56 Å². The molecule has 5 nitrogen and oxygen atoms in total. The van der Waals surface area contributed by atoms with Crippen LogP contribution in [0.1, 0.15) is 29.1 Å². The van der Waals surface area contributed by atoms with Gasteiger partial charge in [-0.15, -0.1) is 11.3 Å². The van der Waals surface area contributed by atoms with Gasteiger partial charge in [0.1, 0.15) is 0 Å². The van der Waals surface area contributed by atoms with Crippen molar-refractivity contribution in [1.29, 1.82) is 0 Å². The number of aromatic nitrogens is 1. The van der Waals surface area contributed by atoms with Crippen LogP contribution in [0.2, 0.25) is 0 Å². The minimum atomic E-state index is -0.358. The smallest absolute Gasteiger partial charge is 0.274 e. The molecule has 0 fully saturated rings. The summed E-state index contributed by atoms with van der Waals surface area (Å²) in [5, 5.41) is 14.2. The first-order valence-corrected chi connectivity index (χ1v) is 6.78. The number of rotatable bonds is 4. The molecule has 2 aromatic rings. The number of nitrogens with one attached hydrogen (secondary N) is 1. The van der Waals surface area contributed by atoms with Crippen LogP contribution in [0.3, 0.4) is 0 Å². The first-order valence-electron chi connectivity index (χ1n) is 5.90. The molecule has 0 aliphatic carbocycles. The normalized spacial score (nSPS) is 12.2. The standard InChI is InChI=1S/C13H15N3O2S/c1-8-4-5-11(6-12(8)16(17)18)15-10(3)13-9(2)14-7-19-13/h4-7,10,15H,1-3H3. The molecule has 6 heteroatoms. The third-order valence-electron chi connectivity index (χ3n) is 2.96. The predicted octanol–water partition coefficient (Wildman–Crippen LogP) is 3.84. The highest BCUT2D eigenvalue weighted by Gasteiger charge is 2.14. The number of thiazole rings is 1. The van der Waals surface area contributed by atoms with Crippen LogP contribution >= 0.6 is 11.3 Å². The Morgan fingerprint density at radius 1 is 1.42 bits per heavy atom. The Kier molecular flexibility index (Phi) is 3.80. The fourth-order valence-electron chi connectivity index (χ4n) is 1.94. The van der Waals surface area contributed by atoms with Crippen molar-refractivity contribution in [2.75, 3.05) is 5.32 Å². The highest BCUT2D eigenvalue weighted by atomic mass is 32.1. The summed E-state index contributed by atoms with van der Waals surface area (Å²) in [5.41, 5.74) is 4.35. The van der Waals surface area contributed by atoms with Gasteiger partial charge in [0, 0.05) is 22.2 Å². The Morgan fingerprint density at radius 3 is 2.74 bits per heavy atom. The lowest BCUT2D eigenvalue weighted by Crippen LogP contribution is -2.06. The lowest BCUT2D eigenvalue weighted by atomic mass is 10.1. The Hall–Kier alpha value is -1.95. The number of aryl methyl sites for hydroxylation is 2. The zero-order valence-electron chi connectivity index (χ0n) is 11.0. The van der Waals surface area contributed by atoms with Gasteiger partial charge in [-0.3, -0.25) is 10.1 Å². The Balaban J connectivity index is 2.22. The number of hydrogen-bond donors (Lipinski definition) is 1. The third kappa shape index (κ3) is 2.90. The van der Waals surface area contributed by atoms with Crippen LogP contribution in [0.15, 0.2) is 23.7 Å². The first-order chi connectivity index (χ1) is 8.99. The highest BCUT2D eigenvalue weighted by Crippen LogP contribution is 2.28. The highest BCUT2D eigenvalue weighted by molar-refractivity contribution is 7.09. The molecule has 1 unspecified atom stereocenters. The summed E-state index contributed by atoms with van der Waals surface area (Å²) in [6, 6.07) is 5.26. The Bertz CT molecular complexity index is 610. The maximum atomic E-state index is 10.9. The molecule has 0 aliphatic rings. The molecule has 2 rings (SSSR count). The molecule has 1 atom stereocenters. The lowest BCUT2D eigenvalue weighted by molar-refractivity contribution is -0.385. The third-order valence-corrected chi connectivity index (χ3v) is 4.08. The molecule has 0 amide bonds. The molecular weight excluding hydrogens is 262 g/mol. The van der Waals surface area contributed by atoms with Gasteiger partial charge < -0.3 is 5.32 Å². The molecule has 0 bridgehead atoms. The first kappa shape index (κ1) is 13.5. The van der Waals surface area contributed by atoms with Gasteiger partial charge >= 0.3 is 0 Å². The topological polar surface area (TPSA) is 68.1 Å². The zero-order valence-corrected chi connectivity index (χ0v) is 11.8. The summed E-state index contributed by atoms with van der Waals surface area (Å²) in [5.74, 6) is 0. The molecule has 0 radical (unpaired) electrons. The van der Waals surface area contributed by atoms with Crippen molar-refractivity contribution in [1.82, 2.24) is 4.98 Å². The van der Waals surface area contributed by atoms with Crippen molar-refractivity contribution in [3.05, 3.63) is 50.0 Å². The van der Waals surface area contributed by atoms with Gasteiger partial charge in [0.05, 0.1) is 22.2 Å². The zero-order chi connectivity index (χ0) is 14.0. The van der Waals surface area contributed by atoms with Gasteiger partial charge in [0.2, 0.25) is 0 Å². The summed E-state index contributed by atoms with van der Waals surface area (Å²) >= 11 is 1.58. The van der Waals surface area contributed by atoms with Gasteiger partial charge in [0.25, 0.3) is 5.69 Å². The van der Waals surface area contributed by atoms with Crippen LogP contribution in [-0.4, -0.2) is 9.91 Å². The van der Waals surface area contributed by atoms with E-state index < -0.39 is 0 Å². The van der Waals surface area contributed by atoms with Gasteiger partial charge in [-0.05, 0) is 26.8 Å². The van der Waals surface area contributed by atoms with Crippen LogP contribution in [0, 0.1) is 24.0 Å². The molecule has 100 valence electrons. The van der Waals surface area contributed by atoms with Crippen LogP contribution < -0.4 is 5.32 Å². The van der Waals surface area contributed by atoms with Crippen LogP contribution in [0.5, 0.6) is 0 Å². The van der Waals surface area contributed by atoms with Crippen molar-refractivity contribution in [3.63, 3.8) is 0 Å². The Labute approximate surface area is 115 Å². The van der Waals surface area contributed by atoms with Crippen LogP contribution in [-0.2, 0) is 0 Å². The summed E-state index contributed by atoms with van der Waals surface area (Å²) in [4.78, 5) is 15.9. The Morgan fingerprint density at radius 2 is 2.16 bits per heavy atom. The van der Waals surface area contributed by atoms with E-state index in [1.54, 1.807) is 35.9 Å². The molecule has 1 N–H and O–H groups in total. The monoisotopic (exact) mass is 277 g/mol. The van der Waals surface area contributed by atoms with E-state index in [-0.39, 0.29) is 16.7 Å². The largest absolute Gasteiger partial charge is 0.377 e. The van der Waals surface area contributed by atoms with E-state index in [1.165, 1.54) is 0 Å². The van der Waals surface area contributed by atoms with Crippen LogP contribution in [0.25, 0.3) is 0 Å². The molecule has 1 aromatic carbocycles. The van der Waals surface area contributed by atoms with E-state index >= 15 is 0 Å². The molecule has 1 heterocycles. The van der Waals surface area contributed by atoms with Crippen molar-refractivity contribution in [3.8, 4) is 0 Å². The minimum Gasteiger partial charge on any atom is -0.377 e. The second-order valence-electron chi connectivity index (χ2n) is 4.43. The molecule has 0 spiro atoms. The van der Waals surface area contributed by atoms with E-state index in [1.807, 2.05) is 19.9 Å². The number of benzene rings is 1. The summed E-state index contributed by atoms with van der Waals surface area (Å²) < 4.78 is 0. The van der Waals surface area contributed by atoms with Crippen molar-refractivity contribution < 1.29 is 4.92 Å². The second-order valence-corrected chi connectivity index (χ2v) is 5.31. The quantitative estimate of drug-likeness (QED) is 0.681. The molecule has 0 saturated heterocycles. The lowest BCUT2D eigenvalue weighted by Gasteiger charge is -2.14. The molecule has 0 saturated carbocycles. The SMILES string of the molecule is Cc1ccc(NC(C)c2scnc2C)cc1[N+](=O)[O-]. The van der Waals surface area contributed by atoms with E-state index in [2.05, 4.69) is 10.3 Å². The van der Waals surface area contributed by atoms with Gasteiger partial charge in [-0.25, -0.2) is 4.98 Å². The van der Waals surface area contributed by atoms with E-state index in [0.717, 1.165) is 16.3 Å². The maximum absolute atomic E-state index is 10.9. The van der Waals surface area contributed by atoms with Gasteiger partial charge in [0.15, 0.2) is 0 Å². The van der Waals surface area contributed by atoms with E-state index in [9.17, 15) is 10.1 Å². The average molecular weight is 277 g/mol. The summed E-state index contributed by atoms with van der Waals surface area (Å²) in [7, 11) is 0. The summed E-state index contributed by atoms with van der Waals surface area (Å²) in [6.07, 6.45) is 0. The number of nitro benzene ring substituents is 1. The fourth-order valence-corrected chi connectivity index (χ4v) is 2.75. The van der Waals surface area contributed by atoms with Gasteiger partial charge in [-0.2, -0.15) is 0 Å². The number of nitrogens with zero attached hydrogens (tertiary/aromatic N) is 2. The predicted molar refractivity (Wildman–Crippen MR) is 76.7 cm³/mol. The van der Waals surface area contributed by atoms with Crippen molar-refractivity contribution in [2.45, 2.75) is 26.8 Å². The van der Waals surface area contributed by atoms with Crippen LogP contribution in [0.4, 0.5) is 11.4 Å². The fraction of sp³-hybridized carbons (Fsp3) is 0.308. The van der Waals surface area contributed by atoms with Crippen molar-refractivity contribution in [2.24, 2.45) is 0 Å². The second kappa shape index (κ2) is 5.36.